The molecule has 1 fully saturated rings. The number of rotatable bonds is 10. The van der Waals surface area contributed by atoms with Crippen LogP contribution in [0, 0.1) is 5.92 Å². The molecule has 0 spiro atoms. The van der Waals surface area contributed by atoms with Crippen molar-refractivity contribution in [1.29, 1.82) is 0 Å². The molecule has 0 aromatic heterocycles. The van der Waals surface area contributed by atoms with Crippen molar-refractivity contribution in [3.8, 4) is 5.75 Å². The average molecular weight is 444 g/mol. The quantitative estimate of drug-likeness (QED) is 0.254. The Hall–Kier alpha value is -2.17. The molecule has 1 aliphatic rings. The number of hydrogen-bond acceptors (Lipinski definition) is 8. The minimum atomic E-state index is -3.55. The Morgan fingerprint density at radius 3 is 2.53 bits per heavy atom. The lowest BCUT2D eigenvalue weighted by Crippen LogP contribution is -2.51. The van der Waals surface area contributed by atoms with E-state index in [-0.39, 0.29) is 17.8 Å². The fourth-order valence-electron chi connectivity index (χ4n) is 3.01. The molecule has 9 nitrogen and oxygen atoms in total. The van der Waals surface area contributed by atoms with Crippen molar-refractivity contribution in [3.05, 3.63) is 29.8 Å². The molecule has 0 bridgehead atoms. The third-order valence-corrected chi connectivity index (χ3v) is 5.31. The van der Waals surface area contributed by atoms with E-state index in [2.05, 4.69) is 5.16 Å². The van der Waals surface area contributed by atoms with Gasteiger partial charge in [0.25, 0.3) is 5.79 Å². The SMILES string of the molecule is CC(=NOCCCCC1COC(C)(C(=O)O)OC1C)c1ccc(OS(C)(=O)=O)cc1. The summed E-state index contributed by atoms with van der Waals surface area (Å²) in [6, 6.07) is 6.52. The van der Waals surface area contributed by atoms with Gasteiger partial charge in [-0.15, -0.1) is 0 Å². The summed E-state index contributed by atoms with van der Waals surface area (Å²) in [6.07, 6.45) is 3.29. The van der Waals surface area contributed by atoms with Crippen molar-refractivity contribution in [3.63, 3.8) is 0 Å². The fraction of sp³-hybridized carbons (Fsp3) is 0.600. The highest BCUT2D eigenvalue weighted by Crippen LogP contribution is 2.29. The Balaban J connectivity index is 1.70. The first kappa shape index (κ1) is 24.1. The number of aliphatic carboxylic acids is 1. The molecular weight excluding hydrogens is 414 g/mol. The Labute approximate surface area is 177 Å². The first-order valence-corrected chi connectivity index (χ1v) is 11.5. The van der Waals surface area contributed by atoms with Crippen LogP contribution in [0.25, 0.3) is 0 Å². The number of ether oxygens (including phenoxy) is 2. The van der Waals surface area contributed by atoms with Crippen molar-refractivity contribution in [1.82, 2.24) is 0 Å². The van der Waals surface area contributed by atoms with Crippen molar-refractivity contribution in [2.24, 2.45) is 11.1 Å². The predicted octanol–water partition coefficient (Wildman–Crippen LogP) is 2.79. The number of unbranched alkanes of at least 4 members (excludes halogenated alkanes) is 1. The van der Waals surface area contributed by atoms with Gasteiger partial charge in [0, 0.05) is 12.8 Å². The molecule has 3 atom stereocenters. The van der Waals surface area contributed by atoms with Gasteiger partial charge in [0.2, 0.25) is 0 Å². The molecule has 0 amide bonds. The zero-order valence-corrected chi connectivity index (χ0v) is 18.5. The highest BCUT2D eigenvalue weighted by molar-refractivity contribution is 7.86. The average Bonchev–Trinajstić information content (AvgIpc) is 2.65. The van der Waals surface area contributed by atoms with Crippen molar-refractivity contribution in [2.45, 2.75) is 51.9 Å². The van der Waals surface area contributed by atoms with Gasteiger partial charge in [-0.25, -0.2) is 4.79 Å². The number of carboxylic acid groups (broad SMARTS) is 1. The van der Waals surface area contributed by atoms with Gasteiger partial charge >= 0.3 is 16.1 Å². The summed E-state index contributed by atoms with van der Waals surface area (Å²) in [5, 5.41) is 13.2. The highest BCUT2D eigenvalue weighted by atomic mass is 32.2. The van der Waals surface area contributed by atoms with Gasteiger partial charge in [0.05, 0.1) is 24.7 Å². The lowest BCUT2D eigenvalue weighted by Gasteiger charge is -2.39. The molecule has 1 N–H and O–H groups in total. The minimum Gasteiger partial charge on any atom is -0.477 e. The maximum Gasteiger partial charge on any atom is 0.364 e. The van der Waals surface area contributed by atoms with Crippen LogP contribution < -0.4 is 4.18 Å². The first-order valence-electron chi connectivity index (χ1n) is 9.72. The second-order valence-electron chi connectivity index (χ2n) is 7.46. The summed E-state index contributed by atoms with van der Waals surface area (Å²) < 4.78 is 37.9. The predicted molar refractivity (Wildman–Crippen MR) is 110 cm³/mol. The second kappa shape index (κ2) is 10.2. The van der Waals surface area contributed by atoms with Gasteiger partial charge in [-0.1, -0.05) is 5.16 Å². The van der Waals surface area contributed by atoms with Crippen LogP contribution in [0.3, 0.4) is 0 Å². The number of oxime groups is 1. The van der Waals surface area contributed by atoms with E-state index < -0.39 is 21.9 Å². The fourth-order valence-corrected chi connectivity index (χ4v) is 3.47. The molecule has 0 aliphatic carbocycles. The molecule has 2 rings (SSSR count). The van der Waals surface area contributed by atoms with E-state index in [9.17, 15) is 13.2 Å². The minimum absolute atomic E-state index is 0.135. The number of benzene rings is 1. The summed E-state index contributed by atoms with van der Waals surface area (Å²) in [5.41, 5.74) is 1.46. The summed E-state index contributed by atoms with van der Waals surface area (Å²) in [7, 11) is -3.55. The molecular formula is C20H29NO8S. The van der Waals surface area contributed by atoms with Crippen molar-refractivity contribution in [2.75, 3.05) is 19.5 Å². The maximum absolute atomic E-state index is 11.2. The molecule has 3 unspecified atom stereocenters. The highest BCUT2D eigenvalue weighted by Gasteiger charge is 2.43. The van der Waals surface area contributed by atoms with Gasteiger partial charge < -0.3 is 23.6 Å². The third-order valence-electron chi connectivity index (χ3n) is 4.82. The molecule has 168 valence electrons. The molecule has 1 aromatic rings. The van der Waals surface area contributed by atoms with Crippen LogP contribution in [0.4, 0.5) is 0 Å². The summed E-state index contributed by atoms with van der Waals surface area (Å²) in [5.74, 6) is -2.31. The lowest BCUT2D eigenvalue weighted by atomic mass is 9.96. The Kier molecular flexibility index (Phi) is 8.22. The summed E-state index contributed by atoms with van der Waals surface area (Å²) in [4.78, 5) is 16.5. The Bertz CT molecular complexity index is 852. The zero-order chi connectivity index (χ0) is 22.4. The molecule has 30 heavy (non-hydrogen) atoms. The molecule has 0 saturated carbocycles. The van der Waals surface area contributed by atoms with Gasteiger partial charge in [-0.2, -0.15) is 8.42 Å². The van der Waals surface area contributed by atoms with Crippen LogP contribution in [0.2, 0.25) is 0 Å². The smallest absolute Gasteiger partial charge is 0.364 e. The molecule has 1 saturated heterocycles. The molecule has 0 radical (unpaired) electrons. The van der Waals surface area contributed by atoms with Crippen LogP contribution in [-0.2, 0) is 29.2 Å². The van der Waals surface area contributed by atoms with Crippen LogP contribution >= 0.6 is 0 Å². The van der Waals surface area contributed by atoms with Gasteiger partial charge in [0.1, 0.15) is 12.4 Å². The largest absolute Gasteiger partial charge is 0.477 e. The van der Waals surface area contributed by atoms with E-state index in [1.54, 1.807) is 31.2 Å². The van der Waals surface area contributed by atoms with Gasteiger partial charge in [-0.05, 0) is 62.9 Å². The van der Waals surface area contributed by atoms with Crippen LogP contribution in [-0.4, -0.2) is 56.6 Å². The van der Waals surface area contributed by atoms with Crippen LogP contribution in [0.15, 0.2) is 29.4 Å². The molecule has 1 heterocycles. The van der Waals surface area contributed by atoms with E-state index in [0.717, 1.165) is 31.1 Å². The van der Waals surface area contributed by atoms with E-state index in [1.165, 1.54) is 6.92 Å². The van der Waals surface area contributed by atoms with E-state index in [1.807, 2.05) is 6.92 Å². The first-order chi connectivity index (χ1) is 14.0. The Morgan fingerprint density at radius 2 is 1.97 bits per heavy atom. The third kappa shape index (κ3) is 7.26. The van der Waals surface area contributed by atoms with Gasteiger partial charge in [0.15, 0.2) is 0 Å². The molecule has 1 aliphatic heterocycles. The number of hydrogen-bond donors (Lipinski definition) is 1. The van der Waals surface area contributed by atoms with E-state index in [0.29, 0.717) is 18.9 Å². The molecule has 10 heteroatoms. The van der Waals surface area contributed by atoms with Crippen LogP contribution in [0.1, 0.15) is 45.6 Å². The number of nitrogens with zero attached hydrogens (tertiary/aromatic N) is 1. The molecule has 1 aromatic carbocycles. The standard InChI is InChI=1S/C20H29NO8S/c1-14(16-8-10-18(11-9-16)29-30(4,24)25)21-27-12-6-5-7-17-13-26-20(3,19(22)23)28-15(17)2/h8-11,15,17H,5-7,12-13H2,1-4H3,(H,22,23). The van der Waals surface area contributed by atoms with Crippen molar-refractivity contribution < 1.29 is 36.8 Å². The summed E-state index contributed by atoms with van der Waals surface area (Å²) >= 11 is 0. The monoisotopic (exact) mass is 443 g/mol. The van der Waals surface area contributed by atoms with E-state index in [4.69, 9.17) is 23.6 Å². The topological polar surface area (TPSA) is 121 Å². The summed E-state index contributed by atoms with van der Waals surface area (Å²) in [6.45, 7) is 5.88. The van der Waals surface area contributed by atoms with E-state index >= 15 is 0 Å². The second-order valence-corrected chi connectivity index (χ2v) is 9.04. The number of carbonyl (C=O) groups is 1. The van der Waals surface area contributed by atoms with Crippen LogP contribution in [0.5, 0.6) is 5.75 Å². The zero-order valence-electron chi connectivity index (χ0n) is 17.7. The lowest BCUT2D eigenvalue weighted by molar-refractivity contribution is -0.292. The Morgan fingerprint density at radius 1 is 1.30 bits per heavy atom. The van der Waals surface area contributed by atoms with Gasteiger partial charge in [-0.3, -0.25) is 0 Å². The van der Waals surface area contributed by atoms with Crippen molar-refractivity contribution >= 4 is 21.8 Å². The normalized spacial score (nSPS) is 25.0. The number of carboxylic acids is 1. The maximum atomic E-state index is 11.2.